The summed E-state index contributed by atoms with van der Waals surface area (Å²) >= 11 is 12.5. The van der Waals surface area contributed by atoms with Gasteiger partial charge in [0.1, 0.15) is 6.04 Å². The number of nitro groups is 1. The summed E-state index contributed by atoms with van der Waals surface area (Å²) in [4.78, 5) is 39.9. The third-order valence-electron chi connectivity index (χ3n) is 6.16. The Hall–Kier alpha value is -3.42. The van der Waals surface area contributed by atoms with Crippen molar-refractivity contribution in [2.75, 3.05) is 0 Å². The zero-order valence-electron chi connectivity index (χ0n) is 20.7. The molecule has 0 spiro atoms. The van der Waals surface area contributed by atoms with Gasteiger partial charge in [0.2, 0.25) is 11.8 Å². The van der Waals surface area contributed by atoms with Crippen LogP contribution in [0.5, 0.6) is 0 Å². The van der Waals surface area contributed by atoms with Gasteiger partial charge < -0.3 is 10.2 Å². The summed E-state index contributed by atoms with van der Waals surface area (Å²) in [5, 5.41) is 15.4. The highest BCUT2D eigenvalue weighted by Crippen LogP contribution is 2.26. The number of para-hydroxylation sites is 1. The Morgan fingerprint density at radius 3 is 2.32 bits per heavy atom. The van der Waals surface area contributed by atoms with E-state index in [0.29, 0.717) is 15.6 Å². The fourth-order valence-electron chi connectivity index (χ4n) is 3.93. The Kier molecular flexibility index (Phi) is 10.1. The summed E-state index contributed by atoms with van der Waals surface area (Å²) in [6, 6.07) is 19.5. The number of benzene rings is 3. The first-order valence-corrected chi connectivity index (χ1v) is 12.7. The molecule has 0 heterocycles. The van der Waals surface area contributed by atoms with Crippen LogP contribution in [0.4, 0.5) is 5.69 Å². The maximum atomic E-state index is 13.8. The fourth-order valence-corrected chi connectivity index (χ4v) is 4.40. The molecule has 0 bridgehead atoms. The zero-order chi connectivity index (χ0) is 26.9. The minimum Gasteiger partial charge on any atom is -0.352 e. The van der Waals surface area contributed by atoms with E-state index in [1.54, 1.807) is 36.4 Å². The van der Waals surface area contributed by atoms with E-state index >= 15 is 0 Å². The number of carbonyl (C=O) groups is 2. The number of carbonyl (C=O) groups excluding carboxylic acids is 2. The SMILES string of the molecule is CC[C@@H](C)NC(=O)[C@@H](Cc1ccccc1)N(Cc1ccc(Cl)cc1Cl)C(=O)Cc1ccccc1[N+](=O)[O-]. The molecule has 3 aromatic rings. The summed E-state index contributed by atoms with van der Waals surface area (Å²) in [6.07, 6.45) is 0.734. The summed E-state index contributed by atoms with van der Waals surface area (Å²) in [7, 11) is 0. The van der Waals surface area contributed by atoms with Crippen LogP contribution in [0.1, 0.15) is 37.0 Å². The summed E-state index contributed by atoms with van der Waals surface area (Å²) < 4.78 is 0. The molecule has 194 valence electrons. The molecule has 0 unspecified atom stereocenters. The molecular formula is C28H29Cl2N3O4. The van der Waals surface area contributed by atoms with Crippen molar-refractivity contribution in [1.29, 1.82) is 0 Å². The number of nitrogens with one attached hydrogen (secondary N) is 1. The van der Waals surface area contributed by atoms with Crippen LogP contribution < -0.4 is 5.32 Å². The van der Waals surface area contributed by atoms with Gasteiger partial charge in [-0.2, -0.15) is 0 Å². The predicted molar refractivity (Wildman–Crippen MR) is 146 cm³/mol. The number of nitro benzene ring substituents is 1. The largest absolute Gasteiger partial charge is 0.352 e. The topological polar surface area (TPSA) is 92.6 Å². The van der Waals surface area contributed by atoms with Gasteiger partial charge in [-0.05, 0) is 36.6 Å². The molecule has 1 N–H and O–H groups in total. The number of rotatable bonds is 11. The van der Waals surface area contributed by atoms with E-state index in [4.69, 9.17) is 23.2 Å². The lowest BCUT2D eigenvalue weighted by atomic mass is 10.0. The number of nitrogens with zero attached hydrogens (tertiary/aromatic N) is 2. The third-order valence-corrected chi connectivity index (χ3v) is 6.74. The number of hydrogen-bond acceptors (Lipinski definition) is 4. The highest BCUT2D eigenvalue weighted by Gasteiger charge is 2.32. The summed E-state index contributed by atoms with van der Waals surface area (Å²) in [5.74, 6) is -0.736. The monoisotopic (exact) mass is 541 g/mol. The summed E-state index contributed by atoms with van der Waals surface area (Å²) in [6.45, 7) is 3.88. The minimum absolute atomic E-state index is 0.0287. The van der Waals surface area contributed by atoms with Crippen molar-refractivity contribution in [3.8, 4) is 0 Å². The molecule has 3 rings (SSSR count). The normalized spacial score (nSPS) is 12.4. The highest BCUT2D eigenvalue weighted by atomic mass is 35.5. The molecule has 0 saturated heterocycles. The van der Waals surface area contributed by atoms with E-state index in [1.807, 2.05) is 44.2 Å². The van der Waals surface area contributed by atoms with Crippen LogP contribution in [0, 0.1) is 10.1 Å². The van der Waals surface area contributed by atoms with E-state index in [1.165, 1.54) is 11.0 Å². The molecule has 2 atom stereocenters. The molecule has 0 radical (unpaired) electrons. The van der Waals surface area contributed by atoms with Crippen molar-refractivity contribution < 1.29 is 14.5 Å². The zero-order valence-corrected chi connectivity index (χ0v) is 22.2. The lowest BCUT2D eigenvalue weighted by Gasteiger charge is -2.32. The Morgan fingerprint density at radius 1 is 1.00 bits per heavy atom. The Bertz CT molecular complexity index is 1250. The van der Waals surface area contributed by atoms with Gasteiger partial charge in [-0.1, -0.05) is 84.7 Å². The van der Waals surface area contributed by atoms with Crippen molar-refractivity contribution in [2.24, 2.45) is 0 Å². The second-order valence-corrected chi connectivity index (χ2v) is 9.69. The van der Waals surface area contributed by atoms with Gasteiger partial charge in [-0.3, -0.25) is 19.7 Å². The van der Waals surface area contributed by atoms with Gasteiger partial charge in [0.25, 0.3) is 5.69 Å². The first kappa shape index (κ1) is 28.2. The van der Waals surface area contributed by atoms with Crippen molar-refractivity contribution in [3.05, 3.63) is 110 Å². The van der Waals surface area contributed by atoms with Gasteiger partial charge in [-0.15, -0.1) is 0 Å². The quantitative estimate of drug-likeness (QED) is 0.238. The Morgan fingerprint density at radius 2 is 1.68 bits per heavy atom. The lowest BCUT2D eigenvalue weighted by molar-refractivity contribution is -0.385. The first-order chi connectivity index (χ1) is 17.7. The van der Waals surface area contributed by atoms with Crippen LogP contribution in [0.3, 0.4) is 0 Å². The van der Waals surface area contributed by atoms with Crippen molar-refractivity contribution in [1.82, 2.24) is 10.2 Å². The van der Waals surface area contributed by atoms with E-state index in [2.05, 4.69) is 5.32 Å². The number of halogens is 2. The third kappa shape index (κ3) is 7.78. The number of amides is 2. The second-order valence-electron chi connectivity index (χ2n) is 8.84. The molecule has 0 fully saturated rings. The average molecular weight is 542 g/mol. The van der Waals surface area contributed by atoms with Crippen LogP contribution in [-0.4, -0.2) is 33.7 Å². The molecule has 0 aliphatic carbocycles. The second kappa shape index (κ2) is 13.2. The maximum absolute atomic E-state index is 13.8. The van der Waals surface area contributed by atoms with Crippen LogP contribution in [-0.2, 0) is 29.0 Å². The maximum Gasteiger partial charge on any atom is 0.273 e. The highest BCUT2D eigenvalue weighted by molar-refractivity contribution is 6.35. The molecule has 0 aliphatic rings. The molecule has 0 aliphatic heterocycles. The van der Waals surface area contributed by atoms with Crippen LogP contribution in [0.25, 0.3) is 0 Å². The molecular weight excluding hydrogens is 513 g/mol. The van der Waals surface area contributed by atoms with Crippen LogP contribution in [0.15, 0.2) is 72.8 Å². The van der Waals surface area contributed by atoms with Crippen molar-refractivity contribution in [3.63, 3.8) is 0 Å². The fraction of sp³-hybridized carbons (Fsp3) is 0.286. The predicted octanol–water partition coefficient (Wildman–Crippen LogP) is 6.00. The number of hydrogen-bond donors (Lipinski definition) is 1. The molecule has 7 nitrogen and oxygen atoms in total. The summed E-state index contributed by atoms with van der Waals surface area (Å²) in [5.41, 5.74) is 1.60. The van der Waals surface area contributed by atoms with E-state index in [9.17, 15) is 19.7 Å². The van der Waals surface area contributed by atoms with Gasteiger partial charge >= 0.3 is 0 Å². The van der Waals surface area contributed by atoms with Crippen molar-refractivity contribution >= 4 is 40.7 Å². The molecule has 2 amide bonds. The standard InChI is InChI=1S/C28H29Cl2N3O4/c1-3-19(2)31-28(35)26(15-20-9-5-4-6-10-20)32(18-22-13-14-23(29)17-24(22)30)27(34)16-21-11-7-8-12-25(21)33(36)37/h4-14,17,19,26H,3,15-16,18H2,1-2H3,(H,31,35)/t19-,26-/m1/s1. The average Bonchev–Trinajstić information content (AvgIpc) is 2.87. The Labute approximate surface area is 226 Å². The van der Waals surface area contributed by atoms with Gasteiger partial charge in [0, 0.05) is 40.7 Å². The van der Waals surface area contributed by atoms with Gasteiger partial charge in [0.15, 0.2) is 0 Å². The van der Waals surface area contributed by atoms with Gasteiger partial charge in [0.05, 0.1) is 11.3 Å². The molecule has 37 heavy (non-hydrogen) atoms. The molecule has 0 aromatic heterocycles. The van der Waals surface area contributed by atoms with Gasteiger partial charge in [-0.25, -0.2) is 0 Å². The van der Waals surface area contributed by atoms with Crippen LogP contribution >= 0.6 is 23.2 Å². The van der Waals surface area contributed by atoms with E-state index in [-0.39, 0.29) is 42.6 Å². The van der Waals surface area contributed by atoms with Crippen LogP contribution in [0.2, 0.25) is 10.0 Å². The van der Waals surface area contributed by atoms with Crippen molar-refractivity contribution in [2.45, 2.75) is 51.7 Å². The minimum atomic E-state index is -0.876. The Balaban J connectivity index is 2.05. The molecule has 9 heteroatoms. The van der Waals surface area contributed by atoms with E-state index < -0.39 is 16.9 Å². The van der Waals surface area contributed by atoms with E-state index in [0.717, 1.165) is 12.0 Å². The first-order valence-electron chi connectivity index (χ1n) is 12.0. The molecule has 0 saturated carbocycles. The molecule has 3 aromatic carbocycles. The lowest BCUT2D eigenvalue weighted by Crippen LogP contribution is -2.52. The smallest absolute Gasteiger partial charge is 0.273 e.